The van der Waals surface area contributed by atoms with Gasteiger partial charge in [-0.2, -0.15) is 0 Å². The number of likely N-dealkylation sites (N-methyl/N-ethyl adjacent to an activating group) is 1. The Balaban J connectivity index is 1.73. The zero-order valence-corrected chi connectivity index (χ0v) is 12.8. The summed E-state index contributed by atoms with van der Waals surface area (Å²) in [5.74, 6) is 1.91. The van der Waals surface area contributed by atoms with Crippen LogP contribution in [0.25, 0.3) is 0 Å². The fourth-order valence-corrected chi connectivity index (χ4v) is 3.09. The fourth-order valence-electron chi connectivity index (χ4n) is 3.09. The average Bonchev–Trinajstić information content (AvgIpc) is 3.14. The molecule has 0 radical (unpaired) electrons. The van der Waals surface area contributed by atoms with Gasteiger partial charge in [0.1, 0.15) is 17.6 Å². The molecule has 3 rings (SSSR count). The van der Waals surface area contributed by atoms with Gasteiger partial charge >= 0.3 is 0 Å². The summed E-state index contributed by atoms with van der Waals surface area (Å²) in [5, 5.41) is 3.65. The summed E-state index contributed by atoms with van der Waals surface area (Å²) >= 11 is 0. The molecule has 0 aromatic carbocycles. The van der Waals surface area contributed by atoms with Crippen LogP contribution in [0.1, 0.15) is 36.9 Å². The number of likely N-dealkylation sites (tertiary alicyclic amines) is 1. The van der Waals surface area contributed by atoms with Gasteiger partial charge in [0.15, 0.2) is 0 Å². The maximum absolute atomic E-state index is 5.61. The first-order valence-electron chi connectivity index (χ1n) is 7.70. The van der Waals surface area contributed by atoms with E-state index in [4.69, 9.17) is 4.42 Å². The second-order valence-corrected chi connectivity index (χ2v) is 5.88. The van der Waals surface area contributed by atoms with Crippen molar-refractivity contribution in [1.82, 2.24) is 19.8 Å². The van der Waals surface area contributed by atoms with Crippen LogP contribution in [0.15, 0.2) is 35.2 Å². The van der Waals surface area contributed by atoms with Crippen molar-refractivity contribution in [3.05, 3.63) is 42.4 Å². The van der Waals surface area contributed by atoms with E-state index in [9.17, 15) is 0 Å². The van der Waals surface area contributed by atoms with Crippen LogP contribution in [0, 0.1) is 0 Å². The predicted molar refractivity (Wildman–Crippen MR) is 82.0 cm³/mol. The number of imidazole rings is 1. The first kappa shape index (κ1) is 14.4. The Morgan fingerprint density at radius 3 is 3.00 bits per heavy atom. The number of rotatable bonds is 5. The zero-order chi connectivity index (χ0) is 14.7. The largest absolute Gasteiger partial charge is 0.467 e. The van der Waals surface area contributed by atoms with Gasteiger partial charge in [-0.05, 0) is 38.6 Å². The van der Waals surface area contributed by atoms with Crippen molar-refractivity contribution >= 4 is 0 Å². The molecular weight excluding hydrogens is 264 g/mol. The van der Waals surface area contributed by atoms with Crippen molar-refractivity contribution in [2.45, 2.75) is 31.3 Å². The highest BCUT2D eigenvalue weighted by molar-refractivity contribution is 5.15. The highest BCUT2D eigenvalue weighted by atomic mass is 16.3. The maximum Gasteiger partial charge on any atom is 0.133 e. The van der Waals surface area contributed by atoms with Crippen molar-refractivity contribution in [3.63, 3.8) is 0 Å². The van der Waals surface area contributed by atoms with Crippen molar-refractivity contribution in [3.8, 4) is 0 Å². The van der Waals surface area contributed by atoms with Gasteiger partial charge in [0.05, 0.1) is 6.26 Å². The summed E-state index contributed by atoms with van der Waals surface area (Å²) in [6.07, 6.45) is 9.42. The zero-order valence-electron chi connectivity index (χ0n) is 12.8. The van der Waals surface area contributed by atoms with E-state index >= 15 is 0 Å². The summed E-state index contributed by atoms with van der Waals surface area (Å²) in [4.78, 5) is 6.93. The summed E-state index contributed by atoms with van der Waals surface area (Å²) in [6, 6.07) is 4.54. The molecule has 114 valence electrons. The quantitative estimate of drug-likeness (QED) is 0.916. The van der Waals surface area contributed by atoms with Gasteiger partial charge in [0, 0.05) is 32.0 Å². The minimum atomic E-state index is 0.00956. The Labute approximate surface area is 126 Å². The topological polar surface area (TPSA) is 46.2 Å². The van der Waals surface area contributed by atoms with Gasteiger partial charge in [-0.3, -0.25) is 5.32 Å². The van der Waals surface area contributed by atoms with E-state index in [1.165, 1.54) is 25.8 Å². The molecule has 5 heteroatoms. The van der Waals surface area contributed by atoms with E-state index in [2.05, 4.69) is 22.2 Å². The number of aromatic nitrogens is 2. The molecule has 0 spiro atoms. The molecule has 1 aliphatic rings. The number of aryl methyl sites for hydroxylation is 1. The standard InChI is InChI=1S/C16H24N4O/c1-19-9-4-3-6-13(19)12-18-15(14-7-5-11-21-14)16-17-8-10-20(16)2/h5,7-8,10-11,13,15,18H,3-4,6,9,12H2,1-2H3. The lowest BCUT2D eigenvalue weighted by Crippen LogP contribution is -2.44. The van der Waals surface area contributed by atoms with Crippen molar-refractivity contribution in [2.75, 3.05) is 20.1 Å². The van der Waals surface area contributed by atoms with Gasteiger partial charge in [0.2, 0.25) is 0 Å². The lowest BCUT2D eigenvalue weighted by atomic mass is 10.0. The molecular formula is C16H24N4O. The van der Waals surface area contributed by atoms with Crippen LogP contribution in [0.4, 0.5) is 0 Å². The number of hydrogen-bond donors (Lipinski definition) is 1. The normalized spacial score (nSPS) is 21.5. The second kappa shape index (κ2) is 6.45. The highest BCUT2D eigenvalue weighted by Crippen LogP contribution is 2.22. The summed E-state index contributed by atoms with van der Waals surface area (Å²) in [7, 11) is 4.24. The SMILES string of the molecule is CN1CCCCC1CNC(c1ccco1)c1nccn1C. The third kappa shape index (κ3) is 3.19. The first-order chi connectivity index (χ1) is 10.3. The Morgan fingerprint density at radius 1 is 1.43 bits per heavy atom. The van der Waals surface area contributed by atoms with Crippen LogP contribution in [-0.2, 0) is 7.05 Å². The lowest BCUT2D eigenvalue weighted by molar-refractivity contribution is 0.177. The molecule has 2 unspecified atom stereocenters. The van der Waals surface area contributed by atoms with Crippen LogP contribution >= 0.6 is 0 Å². The van der Waals surface area contributed by atoms with Crippen molar-refractivity contribution in [2.24, 2.45) is 7.05 Å². The summed E-state index contributed by atoms with van der Waals surface area (Å²) in [5.41, 5.74) is 0. The summed E-state index contributed by atoms with van der Waals surface area (Å²) in [6.45, 7) is 2.15. The van der Waals surface area contributed by atoms with E-state index in [0.29, 0.717) is 6.04 Å². The number of nitrogens with zero attached hydrogens (tertiary/aromatic N) is 3. The first-order valence-corrected chi connectivity index (χ1v) is 7.70. The van der Waals surface area contributed by atoms with Crippen molar-refractivity contribution < 1.29 is 4.42 Å². The van der Waals surface area contributed by atoms with E-state index in [1.807, 2.05) is 36.1 Å². The molecule has 1 N–H and O–H groups in total. The molecule has 1 aliphatic heterocycles. The Morgan fingerprint density at radius 2 is 2.33 bits per heavy atom. The molecule has 3 heterocycles. The van der Waals surface area contributed by atoms with Gasteiger partial charge in [-0.25, -0.2) is 4.98 Å². The number of piperidine rings is 1. The average molecular weight is 288 g/mol. The molecule has 0 amide bonds. The molecule has 0 saturated carbocycles. The number of hydrogen-bond acceptors (Lipinski definition) is 4. The Hall–Kier alpha value is -1.59. The third-order valence-electron chi connectivity index (χ3n) is 4.42. The second-order valence-electron chi connectivity index (χ2n) is 5.88. The molecule has 1 saturated heterocycles. The molecule has 2 aromatic rings. The lowest BCUT2D eigenvalue weighted by Gasteiger charge is -2.33. The number of furan rings is 1. The third-order valence-corrected chi connectivity index (χ3v) is 4.42. The van der Waals surface area contributed by atoms with Crippen LogP contribution in [0.5, 0.6) is 0 Å². The fraction of sp³-hybridized carbons (Fsp3) is 0.562. The molecule has 0 aliphatic carbocycles. The molecule has 1 fully saturated rings. The smallest absolute Gasteiger partial charge is 0.133 e. The van der Waals surface area contributed by atoms with Crippen molar-refractivity contribution in [1.29, 1.82) is 0 Å². The molecule has 0 bridgehead atoms. The Bertz CT molecular complexity index is 548. The van der Waals surface area contributed by atoms with Crippen LogP contribution < -0.4 is 5.32 Å². The van der Waals surface area contributed by atoms with Gasteiger partial charge < -0.3 is 13.9 Å². The monoisotopic (exact) mass is 288 g/mol. The summed E-state index contributed by atoms with van der Waals surface area (Å²) < 4.78 is 7.66. The van der Waals surface area contributed by atoms with E-state index in [1.54, 1.807) is 6.26 Å². The van der Waals surface area contributed by atoms with Gasteiger partial charge in [-0.15, -0.1) is 0 Å². The highest BCUT2D eigenvalue weighted by Gasteiger charge is 2.24. The minimum absolute atomic E-state index is 0.00956. The predicted octanol–water partition coefficient (Wildman–Crippen LogP) is 2.18. The van der Waals surface area contributed by atoms with Crippen LogP contribution in [0.3, 0.4) is 0 Å². The molecule has 2 atom stereocenters. The van der Waals surface area contributed by atoms with Crippen LogP contribution in [0.2, 0.25) is 0 Å². The molecule has 2 aromatic heterocycles. The molecule has 21 heavy (non-hydrogen) atoms. The minimum Gasteiger partial charge on any atom is -0.467 e. The van der Waals surface area contributed by atoms with Gasteiger partial charge in [0.25, 0.3) is 0 Å². The Kier molecular flexibility index (Phi) is 4.41. The van der Waals surface area contributed by atoms with E-state index in [-0.39, 0.29) is 6.04 Å². The molecule has 5 nitrogen and oxygen atoms in total. The van der Waals surface area contributed by atoms with Gasteiger partial charge in [-0.1, -0.05) is 6.42 Å². The van der Waals surface area contributed by atoms with E-state index in [0.717, 1.165) is 18.1 Å². The van der Waals surface area contributed by atoms with Crippen LogP contribution in [-0.4, -0.2) is 40.6 Å². The number of nitrogens with one attached hydrogen (secondary N) is 1. The van der Waals surface area contributed by atoms with E-state index < -0.39 is 0 Å². The maximum atomic E-state index is 5.61.